The van der Waals surface area contributed by atoms with E-state index in [0.29, 0.717) is 16.9 Å². The molecule has 0 saturated carbocycles. The quantitative estimate of drug-likeness (QED) is 0.497. The molecule has 8 nitrogen and oxygen atoms in total. The number of hydrogen-bond acceptors (Lipinski definition) is 6. The fourth-order valence-corrected chi connectivity index (χ4v) is 4.75. The normalized spacial score (nSPS) is 11.7. The largest absolute Gasteiger partial charge is 0.495 e. The minimum absolute atomic E-state index is 0.0477. The first-order valence-electron chi connectivity index (χ1n) is 9.71. The summed E-state index contributed by atoms with van der Waals surface area (Å²) in [5, 5.41) is 4.59. The van der Waals surface area contributed by atoms with Gasteiger partial charge < -0.3 is 4.74 Å². The van der Waals surface area contributed by atoms with Gasteiger partial charge in [0.05, 0.1) is 25.0 Å². The lowest BCUT2D eigenvalue weighted by molar-refractivity contribution is 0.402. The van der Waals surface area contributed by atoms with Crippen LogP contribution in [0.3, 0.4) is 0 Å². The van der Waals surface area contributed by atoms with Crippen LogP contribution in [0.5, 0.6) is 5.75 Å². The number of fused-ring (bicyclic) bond motifs is 1. The highest BCUT2D eigenvalue weighted by atomic mass is 32.2. The van der Waals surface area contributed by atoms with Crippen molar-refractivity contribution < 1.29 is 13.2 Å². The Bertz CT molecular complexity index is 1370. The second-order valence-corrected chi connectivity index (χ2v) is 8.98. The zero-order valence-corrected chi connectivity index (χ0v) is 18.6. The topological polar surface area (TPSA) is 98.5 Å². The molecule has 160 valence electrons. The summed E-state index contributed by atoms with van der Waals surface area (Å²) in [6.45, 7) is 5.84. The molecule has 0 atom stereocenters. The molecule has 1 N–H and O–H groups in total. The van der Waals surface area contributed by atoms with Gasteiger partial charge in [-0.2, -0.15) is 5.10 Å². The number of nitrogens with one attached hydrogen (secondary N) is 1. The standard InChI is InChI=1S/C22H23N5O3S/c1-14-11-15(2)27-22(25-14)21(16(3)26-27)17-8-9-19(30-4)20(12-17)31(28,29)24-13-18-7-5-6-10-23-18/h5-12,24H,13H2,1-4H3. The van der Waals surface area contributed by atoms with Crippen LogP contribution in [0.1, 0.15) is 22.8 Å². The average Bonchev–Trinajstić information content (AvgIpc) is 3.09. The Hall–Kier alpha value is -3.30. The van der Waals surface area contributed by atoms with E-state index in [-0.39, 0.29) is 17.2 Å². The molecule has 31 heavy (non-hydrogen) atoms. The van der Waals surface area contributed by atoms with Gasteiger partial charge in [0.1, 0.15) is 10.6 Å². The third-order valence-corrected chi connectivity index (χ3v) is 6.40. The number of nitrogens with zero attached hydrogens (tertiary/aromatic N) is 4. The number of aryl methyl sites for hydroxylation is 3. The molecule has 9 heteroatoms. The number of pyridine rings is 1. The first-order chi connectivity index (χ1) is 14.8. The van der Waals surface area contributed by atoms with Crippen LogP contribution in [0.4, 0.5) is 0 Å². The molecular formula is C22H23N5O3S. The number of aromatic nitrogens is 4. The van der Waals surface area contributed by atoms with E-state index in [0.717, 1.165) is 22.6 Å². The minimum atomic E-state index is -3.86. The highest BCUT2D eigenvalue weighted by molar-refractivity contribution is 7.89. The first kappa shape index (κ1) is 21.0. The van der Waals surface area contributed by atoms with Gasteiger partial charge in [0, 0.05) is 23.1 Å². The number of benzene rings is 1. The smallest absolute Gasteiger partial charge is 0.244 e. The Labute approximate surface area is 181 Å². The summed E-state index contributed by atoms with van der Waals surface area (Å²) in [7, 11) is -2.41. The van der Waals surface area contributed by atoms with E-state index in [1.54, 1.807) is 35.0 Å². The van der Waals surface area contributed by atoms with E-state index in [4.69, 9.17) is 4.74 Å². The molecule has 0 unspecified atom stereocenters. The number of rotatable bonds is 6. The van der Waals surface area contributed by atoms with E-state index < -0.39 is 10.0 Å². The maximum Gasteiger partial charge on any atom is 0.244 e. The second kappa shape index (κ2) is 8.09. The van der Waals surface area contributed by atoms with Crippen LogP contribution in [0.15, 0.2) is 53.6 Å². The van der Waals surface area contributed by atoms with Crippen LogP contribution in [0.25, 0.3) is 16.8 Å². The molecule has 0 amide bonds. The fraction of sp³-hybridized carbons (Fsp3) is 0.227. The van der Waals surface area contributed by atoms with Crippen molar-refractivity contribution in [3.05, 3.63) is 71.4 Å². The summed E-state index contributed by atoms with van der Waals surface area (Å²) in [5.74, 6) is 0.256. The maximum atomic E-state index is 13.1. The summed E-state index contributed by atoms with van der Waals surface area (Å²) in [6, 6.07) is 12.4. The van der Waals surface area contributed by atoms with Gasteiger partial charge in [-0.3, -0.25) is 4.98 Å². The fourth-order valence-electron chi connectivity index (χ4n) is 3.56. The van der Waals surface area contributed by atoms with E-state index in [9.17, 15) is 8.42 Å². The average molecular weight is 438 g/mol. The van der Waals surface area contributed by atoms with E-state index in [1.165, 1.54) is 7.11 Å². The van der Waals surface area contributed by atoms with E-state index >= 15 is 0 Å². The van der Waals surface area contributed by atoms with Crippen molar-refractivity contribution in [2.75, 3.05) is 7.11 Å². The molecule has 0 bridgehead atoms. The van der Waals surface area contributed by atoms with E-state index in [1.807, 2.05) is 39.0 Å². The molecule has 1 aromatic carbocycles. The molecule has 0 aliphatic rings. The third-order valence-electron chi connectivity index (χ3n) is 4.98. The van der Waals surface area contributed by atoms with Gasteiger partial charge in [0.25, 0.3) is 0 Å². The van der Waals surface area contributed by atoms with Gasteiger partial charge in [0.2, 0.25) is 10.0 Å². The lowest BCUT2D eigenvalue weighted by Crippen LogP contribution is -2.24. The Morgan fingerprint density at radius 1 is 1.10 bits per heavy atom. The van der Waals surface area contributed by atoms with Crippen molar-refractivity contribution in [1.82, 2.24) is 24.3 Å². The molecule has 0 saturated heterocycles. The highest BCUT2D eigenvalue weighted by Gasteiger charge is 2.23. The zero-order valence-electron chi connectivity index (χ0n) is 17.7. The Morgan fingerprint density at radius 2 is 1.90 bits per heavy atom. The monoisotopic (exact) mass is 437 g/mol. The van der Waals surface area contributed by atoms with Crippen LogP contribution in [-0.4, -0.2) is 35.1 Å². The number of hydrogen-bond donors (Lipinski definition) is 1. The van der Waals surface area contributed by atoms with Gasteiger partial charge in [-0.05, 0) is 56.7 Å². The molecule has 0 fully saturated rings. The summed E-state index contributed by atoms with van der Waals surface area (Å²) < 4.78 is 35.9. The summed E-state index contributed by atoms with van der Waals surface area (Å²) in [6.07, 6.45) is 1.62. The van der Waals surface area contributed by atoms with Gasteiger partial charge in [-0.15, -0.1) is 0 Å². The predicted molar refractivity (Wildman–Crippen MR) is 117 cm³/mol. The van der Waals surface area contributed by atoms with Crippen LogP contribution in [-0.2, 0) is 16.6 Å². The van der Waals surface area contributed by atoms with Crippen molar-refractivity contribution in [3.63, 3.8) is 0 Å². The minimum Gasteiger partial charge on any atom is -0.495 e. The second-order valence-electron chi connectivity index (χ2n) is 7.25. The summed E-state index contributed by atoms with van der Waals surface area (Å²) >= 11 is 0. The third kappa shape index (κ3) is 4.01. The number of methoxy groups -OCH3 is 1. The molecule has 4 rings (SSSR count). The van der Waals surface area contributed by atoms with Crippen LogP contribution < -0.4 is 9.46 Å². The Kier molecular flexibility index (Phi) is 5.47. The van der Waals surface area contributed by atoms with Crippen molar-refractivity contribution in [2.45, 2.75) is 32.2 Å². The molecule has 3 heterocycles. The SMILES string of the molecule is COc1ccc(-c2c(C)nn3c(C)cc(C)nc23)cc1S(=O)(=O)NCc1ccccn1. The van der Waals surface area contributed by atoms with Crippen molar-refractivity contribution in [3.8, 4) is 16.9 Å². The molecule has 4 aromatic rings. The van der Waals surface area contributed by atoms with Gasteiger partial charge in [-0.25, -0.2) is 22.6 Å². The first-order valence-corrected chi connectivity index (χ1v) is 11.2. The van der Waals surface area contributed by atoms with Crippen molar-refractivity contribution >= 4 is 15.7 Å². The summed E-state index contributed by atoms with van der Waals surface area (Å²) in [5.41, 5.74) is 5.37. The Balaban J connectivity index is 1.80. The van der Waals surface area contributed by atoms with Crippen LogP contribution >= 0.6 is 0 Å². The zero-order chi connectivity index (χ0) is 22.2. The molecular weight excluding hydrogens is 414 g/mol. The van der Waals surface area contributed by atoms with Crippen LogP contribution in [0, 0.1) is 20.8 Å². The number of sulfonamides is 1. The molecule has 0 aliphatic carbocycles. The van der Waals surface area contributed by atoms with Crippen LogP contribution in [0.2, 0.25) is 0 Å². The van der Waals surface area contributed by atoms with Gasteiger partial charge >= 0.3 is 0 Å². The number of ether oxygens (including phenoxy) is 1. The molecule has 0 aliphatic heterocycles. The summed E-state index contributed by atoms with van der Waals surface area (Å²) in [4.78, 5) is 8.85. The lowest BCUT2D eigenvalue weighted by atomic mass is 10.1. The van der Waals surface area contributed by atoms with Crippen molar-refractivity contribution in [2.24, 2.45) is 0 Å². The van der Waals surface area contributed by atoms with E-state index in [2.05, 4.69) is 19.8 Å². The van der Waals surface area contributed by atoms with Gasteiger partial charge in [-0.1, -0.05) is 12.1 Å². The van der Waals surface area contributed by atoms with Crippen molar-refractivity contribution in [1.29, 1.82) is 0 Å². The Morgan fingerprint density at radius 3 is 2.61 bits per heavy atom. The lowest BCUT2D eigenvalue weighted by Gasteiger charge is -2.12. The molecule has 0 radical (unpaired) electrons. The predicted octanol–water partition coefficient (Wildman–Crippen LogP) is 3.20. The molecule has 0 spiro atoms. The van der Waals surface area contributed by atoms with Gasteiger partial charge in [0.15, 0.2) is 5.65 Å². The maximum absolute atomic E-state index is 13.1. The highest BCUT2D eigenvalue weighted by Crippen LogP contribution is 2.33. The molecule has 3 aromatic heterocycles.